The van der Waals surface area contributed by atoms with E-state index in [1.807, 2.05) is 6.92 Å². The third-order valence-electron chi connectivity index (χ3n) is 2.07. The number of aromatic amines is 1. The van der Waals surface area contributed by atoms with Crippen molar-refractivity contribution in [3.63, 3.8) is 0 Å². The normalized spacial score (nSPS) is 11.2. The van der Waals surface area contributed by atoms with E-state index in [2.05, 4.69) is 15.0 Å². The lowest BCUT2D eigenvalue weighted by atomic mass is 10.5. The van der Waals surface area contributed by atoms with Crippen LogP contribution in [-0.2, 0) is 14.8 Å². The molecule has 1 rings (SSSR count). The fraction of sp³-hybridized carbons (Fsp3) is 0.400. The van der Waals surface area contributed by atoms with Gasteiger partial charge in [-0.3, -0.25) is 9.59 Å². The van der Waals surface area contributed by atoms with Crippen molar-refractivity contribution in [2.24, 2.45) is 0 Å². The molecule has 18 heavy (non-hydrogen) atoms. The van der Waals surface area contributed by atoms with E-state index in [1.165, 1.54) is 6.20 Å². The van der Waals surface area contributed by atoms with Crippen LogP contribution in [0.2, 0.25) is 0 Å². The van der Waals surface area contributed by atoms with Gasteiger partial charge in [0.05, 0.1) is 6.54 Å². The van der Waals surface area contributed by atoms with Crippen LogP contribution in [0.5, 0.6) is 0 Å². The summed E-state index contributed by atoms with van der Waals surface area (Å²) in [7, 11) is -3.97. The summed E-state index contributed by atoms with van der Waals surface area (Å²) in [5, 5.41) is 2.52. The van der Waals surface area contributed by atoms with E-state index in [4.69, 9.17) is 0 Å². The first-order valence-corrected chi connectivity index (χ1v) is 6.89. The van der Waals surface area contributed by atoms with E-state index in [9.17, 15) is 18.0 Å². The summed E-state index contributed by atoms with van der Waals surface area (Å²) in [4.78, 5) is 24.7. The number of nitrogens with one attached hydrogen (secondary N) is 3. The van der Waals surface area contributed by atoms with Crippen molar-refractivity contribution in [2.75, 3.05) is 13.1 Å². The zero-order valence-electron chi connectivity index (χ0n) is 9.89. The molecule has 0 aliphatic heterocycles. The molecule has 0 aromatic carbocycles. The molecule has 0 saturated carbocycles. The van der Waals surface area contributed by atoms with Gasteiger partial charge in [0.2, 0.25) is 21.4 Å². The van der Waals surface area contributed by atoms with Gasteiger partial charge in [-0.2, -0.15) is 0 Å². The number of sulfonamides is 1. The number of H-pyrrole nitrogens is 1. The number of aromatic nitrogens is 1. The summed E-state index contributed by atoms with van der Waals surface area (Å²) in [5.41, 5.74) is -0.629. The Hall–Kier alpha value is -1.67. The summed E-state index contributed by atoms with van der Waals surface area (Å²) < 4.78 is 25.5. The molecule has 0 radical (unpaired) electrons. The molecule has 1 heterocycles. The van der Waals surface area contributed by atoms with Gasteiger partial charge in [-0.05, 0) is 6.42 Å². The Kier molecular flexibility index (Phi) is 5.05. The lowest BCUT2D eigenvalue weighted by molar-refractivity contribution is -0.119. The molecule has 0 spiro atoms. The van der Waals surface area contributed by atoms with E-state index in [0.717, 1.165) is 18.7 Å². The van der Waals surface area contributed by atoms with Gasteiger partial charge in [-0.1, -0.05) is 6.92 Å². The molecule has 100 valence electrons. The smallest absolute Gasteiger partial charge is 0.246 e. The summed E-state index contributed by atoms with van der Waals surface area (Å²) in [5.74, 6) is -0.437. The Morgan fingerprint density at radius 1 is 1.44 bits per heavy atom. The minimum absolute atomic E-state index is 0.392. The van der Waals surface area contributed by atoms with Crippen molar-refractivity contribution in [2.45, 2.75) is 18.2 Å². The second kappa shape index (κ2) is 6.31. The van der Waals surface area contributed by atoms with Crippen LogP contribution < -0.4 is 15.5 Å². The average Bonchev–Trinajstić information content (AvgIpc) is 2.34. The molecule has 0 atom stereocenters. The topological polar surface area (TPSA) is 108 Å². The molecule has 3 N–H and O–H groups in total. The van der Waals surface area contributed by atoms with E-state index in [0.29, 0.717) is 6.54 Å². The molecule has 1 aromatic heterocycles. The van der Waals surface area contributed by atoms with Gasteiger partial charge < -0.3 is 10.3 Å². The number of hydrogen-bond donors (Lipinski definition) is 3. The van der Waals surface area contributed by atoms with Crippen LogP contribution in [0.25, 0.3) is 0 Å². The lowest BCUT2D eigenvalue weighted by Gasteiger charge is -2.06. The quantitative estimate of drug-likeness (QED) is 0.629. The highest BCUT2D eigenvalue weighted by Crippen LogP contribution is 1.98. The first-order chi connectivity index (χ1) is 8.47. The molecule has 0 saturated heterocycles. The van der Waals surface area contributed by atoms with E-state index >= 15 is 0 Å². The minimum Gasteiger partial charge on any atom is -0.366 e. The lowest BCUT2D eigenvalue weighted by Crippen LogP contribution is -2.38. The maximum absolute atomic E-state index is 11.7. The van der Waals surface area contributed by atoms with Crippen LogP contribution in [0.3, 0.4) is 0 Å². The second-order valence-corrected chi connectivity index (χ2v) is 5.28. The Morgan fingerprint density at radius 3 is 2.78 bits per heavy atom. The first kappa shape index (κ1) is 14.4. The number of hydrogen-bond acceptors (Lipinski definition) is 4. The van der Waals surface area contributed by atoms with Crippen molar-refractivity contribution in [3.8, 4) is 0 Å². The molecule has 0 fully saturated rings. The number of rotatable bonds is 6. The Labute approximate surface area is 105 Å². The number of pyridine rings is 1. The van der Waals surface area contributed by atoms with Gasteiger partial charge in [0.1, 0.15) is 4.90 Å². The van der Waals surface area contributed by atoms with Gasteiger partial charge in [0, 0.05) is 25.0 Å². The molecular formula is C10H15N3O4S. The minimum atomic E-state index is -3.97. The molecule has 0 aliphatic rings. The van der Waals surface area contributed by atoms with Crippen LogP contribution in [0, 0.1) is 0 Å². The summed E-state index contributed by atoms with van der Waals surface area (Å²) >= 11 is 0. The maximum atomic E-state index is 11.7. The van der Waals surface area contributed by atoms with Crippen LogP contribution >= 0.6 is 0 Å². The van der Waals surface area contributed by atoms with Gasteiger partial charge >= 0.3 is 0 Å². The van der Waals surface area contributed by atoms with Crippen molar-refractivity contribution >= 4 is 15.9 Å². The largest absolute Gasteiger partial charge is 0.366 e. The number of amides is 1. The third kappa shape index (κ3) is 3.97. The summed E-state index contributed by atoms with van der Waals surface area (Å²) in [6, 6.07) is 1.10. The van der Waals surface area contributed by atoms with E-state index in [-0.39, 0.29) is 0 Å². The van der Waals surface area contributed by atoms with E-state index in [1.54, 1.807) is 0 Å². The van der Waals surface area contributed by atoms with Crippen molar-refractivity contribution in [1.29, 1.82) is 0 Å². The van der Waals surface area contributed by atoms with Gasteiger partial charge in [0.25, 0.3) is 0 Å². The Morgan fingerprint density at radius 2 is 2.17 bits per heavy atom. The van der Waals surface area contributed by atoms with Crippen LogP contribution in [0.1, 0.15) is 13.3 Å². The molecule has 8 heteroatoms. The van der Waals surface area contributed by atoms with Crippen LogP contribution in [-0.4, -0.2) is 32.4 Å². The predicted molar refractivity (Wildman–Crippen MR) is 65.6 cm³/mol. The summed E-state index contributed by atoms with van der Waals surface area (Å²) in [6.07, 6.45) is 3.17. The average molecular weight is 273 g/mol. The zero-order chi connectivity index (χ0) is 13.6. The standard InChI is InChI=1S/C10H15N3O4S/c1-2-4-12-10(15)7-13-18(16,17)9-6-11-5-3-8(9)14/h3,5-6,13H,2,4,7H2,1H3,(H,11,14)(H,12,15). The molecular weight excluding hydrogens is 258 g/mol. The van der Waals surface area contributed by atoms with Gasteiger partial charge in [-0.15, -0.1) is 0 Å². The molecule has 0 aliphatic carbocycles. The number of carbonyl (C=O) groups is 1. The Bertz CT molecular complexity index is 564. The Balaban J connectivity index is 2.70. The predicted octanol–water partition coefficient (Wildman–Crippen LogP) is -0.821. The summed E-state index contributed by atoms with van der Waals surface area (Å²) in [6.45, 7) is 1.97. The van der Waals surface area contributed by atoms with Gasteiger partial charge in [0.15, 0.2) is 0 Å². The molecule has 7 nitrogen and oxygen atoms in total. The molecule has 0 unspecified atom stereocenters. The third-order valence-corrected chi connectivity index (χ3v) is 3.50. The molecule has 1 aromatic rings. The maximum Gasteiger partial charge on any atom is 0.246 e. The highest BCUT2D eigenvalue weighted by molar-refractivity contribution is 7.89. The first-order valence-electron chi connectivity index (χ1n) is 5.41. The van der Waals surface area contributed by atoms with Crippen molar-refractivity contribution in [3.05, 3.63) is 28.7 Å². The fourth-order valence-electron chi connectivity index (χ4n) is 1.18. The highest BCUT2D eigenvalue weighted by atomic mass is 32.2. The van der Waals surface area contributed by atoms with Crippen molar-refractivity contribution < 1.29 is 13.2 Å². The van der Waals surface area contributed by atoms with Crippen LogP contribution in [0.15, 0.2) is 28.2 Å². The van der Waals surface area contributed by atoms with Gasteiger partial charge in [-0.25, -0.2) is 13.1 Å². The number of carbonyl (C=O) groups excluding carboxylic acids is 1. The molecule has 1 amide bonds. The zero-order valence-corrected chi connectivity index (χ0v) is 10.7. The molecule has 0 bridgehead atoms. The van der Waals surface area contributed by atoms with E-state index < -0.39 is 32.8 Å². The van der Waals surface area contributed by atoms with Crippen molar-refractivity contribution in [1.82, 2.24) is 15.0 Å². The SMILES string of the molecule is CCCNC(=O)CNS(=O)(=O)c1c[nH]ccc1=O. The highest BCUT2D eigenvalue weighted by Gasteiger charge is 2.18. The fourth-order valence-corrected chi connectivity index (χ4v) is 2.21. The second-order valence-electron chi connectivity index (χ2n) is 3.55. The van der Waals surface area contributed by atoms with Crippen LogP contribution in [0.4, 0.5) is 0 Å². The monoisotopic (exact) mass is 273 g/mol.